The normalized spacial score (nSPS) is 11.2. The van der Waals surface area contributed by atoms with Crippen LogP contribution in [0.25, 0.3) is 0 Å². The van der Waals surface area contributed by atoms with E-state index in [1.54, 1.807) is 37.4 Å². The highest BCUT2D eigenvalue weighted by Crippen LogP contribution is 2.29. The maximum atomic E-state index is 13.3. The topological polar surface area (TPSA) is 46.6 Å². The van der Waals surface area contributed by atoms with Crippen molar-refractivity contribution < 1.29 is 13.2 Å². The summed E-state index contributed by atoms with van der Waals surface area (Å²) in [6.07, 6.45) is 0. The first kappa shape index (κ1) is 18.0. The first-order valence-corrected chi connectivity index (χ1v) is 9.73. The monoisotopic (exact) mass is 367 g/mol. The second-order valence-electron chi connectivity index (χ2n) is 5.97. The summed E-state index contributed by atoms with van der Waals surface area (Å²) in [6, 6.07) is 23.4. The van der Waals surface area contributed by atoms with E-state index in [0.717, 1.165) is 11.1 Å². The SMILES string of the molecule is COc1ccccc1CN(c1ccc(C)cc1)S(=O)(=O)c1ccccc1. The van der Waals surface area contributed by atoms with E-state index in [2.05, 4.69) is 0 Å². The maximum Gasteiger partial charge on any atom is 0.264 e. The third-order valence-corrected chi connectivity index (χ3v) is 5.95. The molecule has 3 aromatic carbocycles. The molecule has 0 aliphatic rings. The third kappa shape index (κ3) is 3.73. The van der Waals surface area contributed by atoms with Crippen molar-refractivity contribution >= 4 is 15.7 Å². The lowest BCUT2D eigenvalue weighted by Crippen LogP contribution is -2.30. The number of aryl methyl sites for hydroxylation is 1. The van der Waals surface area contributed by atoms with E-state index in [4.69, 9.17) is 4.74 Å². The summed E-state index contributed by atoms with van der Waals surface area (Å²) >= 11 is 0. The lowest BCUT2D eigenvalue weighted by atomic mass is 10.2. The summed E-state index contributed by atoms with van der Waals surface area (Å²) in [4.78, 5) is 0.260. The Bertz CT molecular complexity index is 968. The molecule has 0 aromatic heterocycles. The van der Waals surface area contributed by atoms with Crippen LogP contribution in [0.1, 0.15) is 11.1 Å². The molecule has 0 amide bonds. The smallest absolute Gasteiger partial charge is 0.264 e. The number of sulfonamides is 1. The van der Waals surface area contributed by atoms with Crippen molar-refractivity contribution in [3.8, 4) is 5.75 Å². The summed E-state index contributed by atoms with van der Waals surface area (Å²) in [7, 11) is -2.13. The van der Waals surface area contributed by atoms with E-state index in [9.17, 15) is 8.42 Å². The number of rotatable bonds is 6. The number of hydrogen-bond acceptors (Lipinski definition) is 3. The fourth-order valence-electron chi connectivity index (χ4n) is 2.73. The van der Waals surface area contributed by atoms with Gasteiger partial charge in [-0.25, -0.2) is 8.42 Å². The molecule has 5 heteroatoms. The molecule has 134 valence electrons. The Hall–Kier alpha value is -2.79. The van der Waals surface area contributed by atoms with E-state index in [1.807, 2.05) is 55.5 Å². The number of para-hydroxylation sites is 1. The molecule has 4 nitrogen and oxygen atoms in total. The van der Waals surface area contributed by atoms with Crippen LogP contribution in [-0.4, -0.2) is 15.5 Å². The van der Waals surface area contributed by atoms with Crippen LogP contribution >= 0.6 is 0 Å². The Labute approximate surface area is 154 Å². The molecule has 26 heavy (non-hydrogen) atoms. The van der Waals surface area contributed by atoms with Crippen molar-refractivity contribution in [3.63, 3.8) is 0 Å². The second kappa shape index (κ2) is 7.62. The van der Waals surface area contributed by atoms with Gasteiger partial charge >= 0.3 is 0 Å². The minimum Gasteiger partial charge on any atom is -0.496 e. The molecule has 0 saturated carbocycles. The molecule has 0 saturated heterocycles. The average Bonchev–Trinajstić information content (AvgIpc) is 2.68. The lowest BCUT2D eigenvalue weighted by molar-refractivity contribution is 0.410. The largest absolute Gasteiger partial charge is 0.496 e. The van der Waals surface area contributed by atoms with E-state index < -0.39 is 10.0 Å². The molecule has 0 spiro atoms. The molecular formula is C21H21NO3S. The Morgan fingerprint density at radius 3 is 2.12 bits per heavy atom. The number of benzene rings is 3. The standard InChI is InChI=1S/C21H21NO3S/c1-17-12-14-19(15-13-17)22(16-18-8-6-7-11-21(18)25-2)26(23,24)20-9-4-3-5-10-20/h3-15H,16H2,1-2H3. The number of anilines is 1. The van der Waals surface area contributed by atoms with Gasteiger partial charge in [0.2, 0.25) is 0 Å². The Balaban J connectivity index is 2.09. The molecule has 0 radical (unpaired) electrons. The van der Waals surface area contributed by atoms with Gasteiger partial charge in [-0.15, -0.1) is 0 Å². The summed E-state index contributed by atoms with van der Waals surface area (Å²) < 4.78 is 33.4. The Morgan fingerprint density at radius 2 is 1.46 bits per heavy atom. The van der Waals surface area contributed by atoms with Crippen LogP contribution in [0.5, 0.6) is 5.75 Å². The van der Waals surface area contributed by atoms with Gasteiger partial charge in [-0.3, -0.25) is 4.31 Å². The average molecular weight is 367 g/mol. The van der Waals surface area contributed by atoms with Crippen LogP contribution in [0.15, 0.2) is 83.8 Å². The number of hydrogen-bond donors (Lipinski definition) is 0. The number of nitrogens with zero attached hydrogens (tertiary/aromatic N) is 1. The molecule has 3 aromatic rings. The first-order valence-electron chi connectivity index (χ1n) is 8.29. The van der Waals surface area contributed by atoms with Gasteiger partial charge in [-0.2, -0.15) is 0 Å². The summed E-state index contributed by atoms with van der Waals surface area (Å²) in [5.74, 6) is 0.660. The Kier molecular flexibility index (Phi) is 5.28. The molecule has 0 aliphatic heterocycles. The highest BCUT2D eigenvalue weighted by molar-refractivity contribution is 7.92. The zero-order chi connectivity index (χ0) is 18.6. The van der Waals surface area contributed by atoms with Gasteiger partial charge < -0.3 is 4.74 Å². The van der Waals surface area contributed by atoms with Crippen molar-refractivity contribution in [2.75, 3.05) is 11.4 Å². The molecule has 3 rings (SSSR count). The summed E-state index contributed by atoms with van der Waals surface area (Å²) in [5, 5.41) is 0. The maximum absolute atomic E-state index is 13.3. The van der Waals surface area contributed by atoms with E-state index >= 15 is 0 Å². The summed E-state index contributed by atoms with van der Waals surface area (Å²) in [6.45, 7) is 2.16. The third-order valence-electron chi connectivity index (χ3n) is 4.16. The van der Waals surface area contributed by atoms with Crippen LogP contribution in [0, 0.1) is 6.92 Å². The molecule has 0 fully saturated rings. The van der Waals surface area contributed by atoms with Gasteiger partial charge in [0, 0.05) is 5.56 Å². The molecule has 0 aliphatic carbocycles. The minimum atomic E-state index is -3.71. The Morgan fingerprint density at radius 1 is 0.846 bits per heavy atom. The highest BCUT2D eigenvalue weighted by atomic mass is 32.2. The second-order valence-corrected chi connectivity index (χ2v) is 7.83. The van der Waals surface area contributed by atoms with Crippen LogP contribution in [0.2, 0.25) is 0 Å². The minimum absolute atomic E-state index is 0.185. The van der Waals surface area contributed by atoms with Gasteiger partial charge in [-0.05, 0) is 37.3 Å². The van der Waals surface area contributed by atoms with Crippen LogP contribution < -0.4 is 9.04 Å². The molecule has 0 atom stereocenters. The van der Waals surface area contributed by atoms with Gasteiger partial charge in [0.1, 0.15) is 5.75 Å². The molecule has 0 bridgehead atoms. The van der Waals surface area contributed by atoms with Gasteiger partial charge in [0.05, 0.1) is 24.2 Å². The summed E-state index contributed by atoms with van der Waals surface area (Å²) in [5.41, 5.74) is 2.49. The fourth-order valence-corrected chi connectivity index (χ4v) is 4.20. The highest BCUT2D eigenvalue weighted by Gasteiger charge is 2.25. The van der Waals surface area contributed by atoms with E-state index in [1.165, 1.54) is 4.31 Å². The molecule has 0 N–H and O–H groups in total. The van der Waals surface area contributed by atoms with Crippen LogP contribution in [-0.2, 0) is 16.6 Å². The van der Waals surface area contributed by atoms with Gasteiger partial charge in [0.25, 0.3) is 10.0 Å². The van der Waals surface area contributed by atoms with Crippen LogP contribution in [0.3, 0.4) is 0 Å². The molecule has 0 unspecified atom stereocenters. The fraction of sp³-hybridized carbons (Fsp3) is 0.143. The lowest BCUT2D eigenvalue weighted by Gasteiger charge is -2.25. The first-order chi connectivity index (χ1) is 12.5. The molecule has 0 heterocycles. The zero-order valence-electron chi connectivity index (χ0n) is 14.8. The number of methoxy groups -OCH3 is 1. The predicted molar refractivity (Wildman–Crippen MR) is 104 cm³/mol. The zero-order valence-corrected chi connectivity index (χ0v) is 15.6. The van der Waals surface area contributed by atoms with E-state index in [0.29, 0.717) is 11.4 Å². The molecular weight excluding hydrogens is 346 g/mol. The van der Waals surface area contributed by atoms with Crippen molar-refractivity contribution in [2.45, 2.75) is 18.4 Å². The van der Waals surface area contributed by atoms with Crippen molar-refractivity contribution in [1.82, 2.24) is 0 Å². The van der Waals surface area contributed by atoms with Crippen LogP contribution in [0.4, 0.5) is 5.69 Å². The van der Waals surface area contributed by atoms with Crippen molar-refractivity contribution in [3.05, 3.63) is 90.0 Å². The quantitative estimate of drug-likeness (QED) is 0.649. The van der Waals surface area contributed by atoms with Crippen molar-refractivity contribution in [2.24, 2.45) is 0 Å². The van der Waals surface area contributed by atoms with E-state index in [-0.39, 0.29) is 11.4 Å². The predicted octanol–water partition coefficient (Wildman–Crippen LogP) is 4.40. The number of ether oxygens (including phenoxy) is 1. The van der Waals surface area contributed by atoms with Gasteiger partial charge in [-0.1, -0.05) is 54.1 Å². The van der Waals surface area contributed by atoms with Gasteiger partial charge in [0.15, 0.2) is 0 Å². The van der Waals surface area contributed by atoms with Crippen molar-refractivity contribution in [1.29, 1.82) is 0 Å².